The Morgan fingerprint density at radius 3 is 2.96 bits per heavy atom. The summed E-state index contributed by atoms with van der Waals surface area (Å²) in [5.41, 5.74) is 2.51. The van der Waals surface area contributed by atoms with Crippen molar-refractivity contribution in [2.75, 3.05) is 24.4 Å². The molecule has 0 bridgehead atoms. The molecule has 9 nitrogen and oxygen atoms in total. The van der Waals surface area contributed by atoms with E-state index in [-0.39, 0.29) is 5.92 Å². The molecule has 0 saturated carbocycles. The van der Waals surface area contributed by atoms with Gasteiger partial charge in [0.05, 0.1) is 42.1 Å². The Hall–Kier alpha value is -3.22. The van der Waals surface area contributed by atoms with Crippen LogP contribution in [0, 0.1) is 11.3 Å². The van der Waals surface area contributed by atoms with Gasteiger partial charge in [-0.2, -0.15) is 10.4 Å². The summed E-state index contributed by atoms with van der Waals surface area (Å²) in [4.78, 5) is 20.6. The number of pyridine rings is 1. The topological polar surface area (TPSA) is 117 Å². The van der Waals surface area contributed by atoms with Crippen LogP contribution in [0.5, 0.6) is 0 Å². The molecule has 138 valence electrons. The zero-order valence-electron chi connectivity index (χ0n) is 14.6. The molecule has 0 aliphatic heterocycles. The molecular formula is C17H16ClN7O2. The minimum atomic E-state index is -0.499. The predicted molar refractivity (Wildman–Crippen MR) is 99.9 cm³/mol. The van der Waals surface area contributed by atoms with Gasteiger partial charge in [0.25, 0.3) is 0 Å². The average molecular weight is 386 g/mol. The minimum Gasteiger partial charge on any atom is -0.384 e. The van der Waals surface area contributed by atoms with Crippen LogP contribution in [0.4, 0.5) is 16.2 Å². The van der Waals surface area contributed by atoms with Gasteiger partial charge >= 0.3 is 6.03 Å². The highest BCUT2D eigenvalue weighted by Crippen LogP contribution is 2.29. The van der Waals surface area contributed by atoms with E-state index in [4.69, 9.17) is 21.6 Å². The number of nitriles is 1. The number of urea groups is 1. The Bertz CT molecular complexity index is 1030. The third kappa shape index (κ3) is 4.13. The van der Waals surface area contributed by atoms with Crippen molar-refractivity contribution in [3.63, 3.8) is 0 Å². The number of nitrogens with one attached hydrogen (secondary N) is 2. The molecule has 3 rings (SSSR count). The lowest BCUT2D eigenvalue weighted by Crippen LogP contribution is -2.22. The number of amides is 2. The number of carbonyl (C=O) groups excluding carboxylic acids is 1. The van der Waals surface area contributed by atoms with Crippen LogP contribution in [-0.2, 0) is 4.74 Å². The Morgan fingerprint density at radius 1 is 1.41 bits per heavy atom. The molecule has 3 heterocycles. The average Bonchev–Trinajstić information content (AvgIpc) is 3.01. The normalized spacial score (nSPS) is 11.8. The monoisotopic (exact) mass is 385 g/mol. The number of ether oxygens (including phenoxy) is 1. The lowest BCUT2D eigenvalue weighted by atomic mass is 10.0. The van der Waals surface area contributed by atoms with E-state index in [0.29, 0.717) is 34.3 Å². The van der Waals surface area contributed by atoms with Crippen molar-refractivity contribution in [1.29, 1.82) is 5.26 Å². The summed E-state index contributed by atoms with van der Waals surface area (Å²) < 4.78 is 6.79. The minimum absolute atomic E-state index is 0.0714. The number of carbonyl (C=O) groups is 1. The van der Waals surface area contributed by atoms with Crippen LogP contribution in [0.25, 0.3) is 5.65 Å². The second kappa shape index (κ2) is 7.99. The third-order valence-corrected chi connectivity index (χ3v) is 3.97. The molecule has 1 unspecified atom stereocenters. The summed E-state index contributed by atoms with van der Waals surface area (Å²) in [5.74, 6) is -0.0714. The van der Waals surface area contributed by atoms with E-state index in [2.05, 4.69) is 25.7 Å². The van der Waals surface area contributed by atoms with Crippen molar-refractivity contribution in [2.45, 2.75) is 12.8 Å². The number of hydrogen-bond donors (Lipinski definition) is 2. The maximum atomic E-state index is 12.4. The van der Waals surface area contributed by atoms with Crippen molar-refractivity contribution in [3.8, 4) is 6.07 Å². The second-order valence-electron chi connectivity index (χ2n) is 5.81. The molecule has 3 aromatic rings. The molecule has 0 spiro atoms. The number of halogens is 1. The van der Waals surface area contributed by atoms with E-state index < -0.39 is 6.03 Å². The van der Waals surface area contributed by atoms with Crippen molar-refractivity contribution < 1.29 is 9.53 Å². The van der Waals surface area contributed by atoms with Crippen LogP contribution in [0.1, 0.15) is 24.0 Å². The quantitative estimate of drug-likeness (QED) is 0.697. The molecule has 0 aliphatic rings. The molecule has 27 heavy (non-hydrogen) atoms. The Kier molecular flexibility index (Phi) is 5.49. The summed E-state index contributed by atoms with van der Waals surface area (Å²) in [6, 6.07) is 3.00. The first-order chi connectivity index (χ1) is 13.0. The largest absolute Gasteiger partial charge is 0.384 e. The zero-order valence-corrected chi connectivity index (χ0v) is 15.4. The van der Waals surface area contributed by atoms with Crippen molar-refractivity contribution >= 4 is 34.7 Å². The SMILES string of the molecule is COCC(C)c1c(NC(=O)Nc2cncc(C#N)c2)cnn2cc(Cl)nc12. The molecule has 10 heteroatoms. The van der Waals surface area contributed by atoms with E-state index in [1.165, 1.54) is 24.7 Å². The standard InChI is InChI=1S/C17H16ClN7O2/c1-10(9-27-2)15-13(7-21-25-8-14(18)24-16(15)25)23-17(26)22-12-3-11(4-19)5-20-6-12/h3,5-8,10H,9H2,1-2H3,(H2,22,23,26). The van der Waals surface area contributed by atoms with Crippen LogP contribution >= 0.6 is 11.6 Å². The first-order valence-corrected chi connectivity index (χ1v) is 8.35. The molecule has 0 saturated heterocycles. The summed E-state index contributed by atoms with van der Waals surface area (Å²) in [5, 5.41) is 18.9. The van der Waals surface area contributed by atoms with E-state index >= 15 is 0 Å². The van der Waals surface area contributed by atoms with Crippen LogP contribution in [0.3, 0.4) is 0 Å². The number of nitrogens with zero attached hydrogens (tertiary/aromatic N) is 5. The van der Waals surface area contributed by atoms with Gasteiger partial charge in [-0.3, -0.25) is 4.98 Å². The maximum Gasteiger partial charge on any atom is 0.323 e. The number of hydrogen-bond acceptors (Lipinski definition) is 6. The maximum absolute atomic E-state index is 12.4. The first-order valence-electron chi connectivity index (χ1n) is 7.97. The number of anilines is 2. The number of aromatic nitrogens is 4. The van der Waals surface area contributed by atoms with E-state index in [1.54, 1.807) is 17.8 Å². The zero-order chi connectivity index (χ0) is 19.4. The van der Waals surface area contributed by atoms with E-state index in [1.807, 2.05) is 13.0 Å². The molecular weight excluding hydrogens is 370 g/mol. The van der Waals surface area contributed by atoms with Crippen LogP contribution in [-0.4, -0.2) is 39.3 Å². The fourth-order valence-corrected chi connectivity index (χ4v) is 2.87. The second-order valence-corrected chi connectivity index (χ2v) is 6.20. The molecule has 0 aliphatic carbocycles. The lowest BCUT2D eigenvalue weighted by molar-refractivity contribution is 0.184. The molecule has 2 N–H and O–H groups in total. The van der Waals surface area contributed by atoms with Gasteiger partial charge in [-0.25, -0.2) is 14.3 Å². The lowest BCUT2D eigenvalue weighted by Gasteiger charge is -2.17. The number of fused-ring (bicyclic) bond motifs is 1. The van der Waals surface area contributed by atoms with Crippen LogP contribution in [0.15, 0.2) is 30.9 Å². The summed E-state index contributed by atoms with van der Waals surface area (Å²) in [6.07, 6.45) is 5.97. The van der Waals surface area contributed by atoms with Gasteiger partial charge in [-0.05, 0) is 6.07 Å². The van der Waals surface area contributed by atoms with E-state index in [9.17, 15) is 4.79 Å². The number of rotatable bonds is 5. The van der Waals surface area contributed by atoms with Gasteiger partial charge in [-0.15, -0.1) is 0 Å². The van der Waals surface area contributed by atoms with Gasteiger partial charge in [0, 0.05) is 24.8 Å². The van der Waals surface area contributed by atoms with Gasteiger partial charge in [0.15, 0.2) is 5.65 Å². The molecule has 0 fully saturated rings. The van der Waals surface area contributed by atoms with Crippen molar-refractivity contribution in [2.24, 2.45) is 0 Å². The first kappa shape index (κ1) is 18.6. The molecule has 2 amide bonds. The smallest absolute Gasteiger partial charge is 0.323 e. The van der Waals surface area contributed by atoms with Crippen LogP contribution < -0.4 is 10.6 Å². The highest BCUT2D eigenvalue weighted by atomic mass is 35.5. The Balaban J connectivity index is 1.90. The third-order valence-electron chi connectivity index (χ3n) is 3.78. The molecule has 0 radical (unpaired) electrons. The van der Waals surface area contributed by atoms with Gasteiger partial charge in [-0.1, -0.05) is 18.5 Å². The highest BCUT2D eigenvalue weighted by Gasteiger charge is 2.19. The fourth-order valence-electron chi connectivity index (χ4n) is 2.70. The van der Waals surface area contributed by atoms with Gasteiger partial charge < -0.3 is 15.4 Å². The number of methoxy groups -OCH3 is 1. The fraction of sp³-hybridized carbons (Fsp3) is 0.235. The molecule has 3 aromatic heterocycles. The Morgan fingerprint density at radius 2 is 2.22 bits per heavy atom. The van der Waals surface area contributed by atoms with Crippen molar-refractivity contribution in [3.05, 3.63) is 47.1 Å². The van der Waals surface area contributed by atoms with Crippen molar-refractivity contribution in [1.82, 2.24) is 19.6 Å². The highest BCUT2D eigenvalue weighted by molar-refractivity contribution is 6.29. The van der Waals surface area contributed by atoms with E-state index in [0.717, 1.165) is 5.56 Å². The summed E-state index contributed by atoms with van der Waals surface area (Å²) >= 11 is 5.99. The Labute approximate surface area is 159 Å². The summed E-state index contributed by atoms with van der Waals surface area (Å²) in [6.45, 7) is 2.37. The van der Waals surface area contributed by atoms with Gasteiger partial charge in [0.1, 0.15) is 11.2 Å². The summed E-state index contributed by atoms with van der Waals surface area (Å²) in [7, 11) is 1.60. The molecule has 1 atom stereocenters. The number of imidazole rings is 1. The molecule has 0 aromatic carbocycles. The van der Waals surface area contributed by atoms with Crippen LogP contribution in [0.2, 0.25) is 5.15 Å². The van der Waals surface area contributed by atoms with Gasteiger partial charge in [0.2, 0.25) is 0 Å². The predicted octanol–water partition coefficient (Wildman–Crippen LogP) is 3.04.